The second kappa shape index (κ2) is 6.88. The Bertz CT molecular complexity index is 1020. The van der Waals surface area contributed by atoms with E-state index in [-0.39, 0.29) is 26.0 Å². The normalized spacial score (nSPS) is 12.5. The smallest absolute Gasteiger partial charge is 0.431 e. The van der Waals surface area contributed by atoms with E-state index in [9.17, 15) is 27.2 Å². The van der Waals surface area contributed by atoms with Gasteiger partial charge in [0.05, 0.1) is 10.7 Å². The predicted octanol–water partition coefficient (Wildman–Crippen LogP) is 2.75. The zero-order chi connectivity index (χ0) is 19.8. The first-order valence-corrected chi connectivity index (χ1v) is 7.37. The summed E-state index contributed by atoms with van der Waals surface area (Å²) < 4.78 is 58.6. The number of halogens is 5. The number of benzene rings is 1. The van der Waals surface area contributed by atoms with Gasteiger partial charge in [0.2, 0.25) is 0 Å². The molecule has 1 atom stereocenters. The number of aromatic nitrogens is 2. The van der Waals surface area contributed by atoms with E-state index in [1.807, 2.05) is 0 Å². The van der Waals surface area contributed by atoms with Gasteiger partial charge in [-0.05, 0) is 13.0 Å². The quantitative estimate of drug-likeness (QED) is 0.598. The molecule has 0 bridgehead atoms. The summed E-state index contributed by atoms with van der Waals surface area (Å²) in [6.45, 7) is 1.49. The number of terminal acetylenes is 1. The molecule has 0 spiro atoms. The van der Waals surface area contributed by atoms with Crippen molar-refractivity contribution < 1.29 is 22.3 Å². The Morgan fingerprint density at radius 3 is 2.42 bits per heavy atom. The van der Waals surface area contributed by atoms with E-state index < -0.39 is 40.7 Å². The number of hydrogen-bond donors (Lipinski definition) is 0. The summed E-state index contributed by atoms with van der Waals surface area (Å²) in [5, 5.41) is -0.190. The fourth-order valence-corrected chi connectivity index (χ4v) is 2.32. The zero-order valence-corrected chi connectivity index (χ0v) is 14.2. The minimum atomic E-state index is -4.93. The first kappa shape index (κ1) is 19.6. The lowest BCUT2D eigenvalue weighted by Gasteiger charge is -2.16. The van der Waals surface area contributed by atoms with E-state index in [0.29, 0.717) is 0 Å². The molecule has 0 fully saturated rings. The molecule has 5 nitrogen and oxygen atoms in total. The third-order valence-electron chi connectivity index (χ3n) is 3.39. The molecule has 0 saturated heterocycles. The van der Waals surface area contributed by atoms with Crippen molar-refractivity contribution in [1.29, 1.82) is 0 Å². The van der Waals surface area contributed by atoms with Crippen LogP contribution in [0.15, 0.2) is 27.8 Å². The van der Waals surface area contributed by atoms with Gasteiger partial charge in [-0.15, -0.1) is 6.42 Å². The molecule has 1 heterocycles. The number of ether oxygens (including phenoxy) is 1. The highest BCUT2D eigenvalue weighted by atomic mass is 35.5. The Balaban J connectivity index is 2.76. The van der Waals surface area contributed by atoms with Crippen LogP contribution in [0.3, 0.4) is 0 Å². The van der Waals surface area contributed by atoms with E-state index in [0.717, 1.165) is 19.2 Å². The molecule has 0 radical (unpaired) electrons. The monoisotopic (exact) mass is 390 g/mol. The van der Waals surface area contributed by atoms with Crippen LogP contribution in [-0.4, -0.2) is 15.2 Å². The largest absolute Gasteiger partial charge is 0.476 e. The molecular formula is C16H11ClF4N2O3. The Morgan fingerprint density at radius 2 is 1.88 bits per heavy atom. The van der Waals surface area contributed by atoms with Crippen molar-refractivity contribution in [3.05, 3.63) is 55.6 Å². The molecule has 0 N–H and O–H groups in total. The third kappa shape index (κ3) is 3.60. The summed E-state index contributed by atoms with van der Waals surface area (Å²) >= 11 is 5.83. The number of alkyl halides is 3. The molecule has 0 aliphatic carbocycles. The predicted molar refractivity (Wildman–Crippen MR) is 86.2 cm³/mol. The Hall–Kier alpha value is -2.73. The highest BCUT2D eigenvalue weighted by molar-refractivity contribution is 6.32. The molecule has 0 saturated carbocycles. The molecule has 0 amide bonds. The first-order valence-electron chi connectivity index (χ1n) is 6.99. The minimum Gasteiger partial charge on any atom is -0.476 e. The Morgan fingerprint density at radius 1 is 1.27 bits per heavy atom. The van der Waals surface area contributed by atoms with Crippen LogP contribution in [0.2, 0.25) is 5.02 Å². The SMILES string of the molecule is C#CC(C)Oc1cc(-n2c(=O)cc(C(F)(F)F)n(C)c2=O)c(F)cc1Cl. The first-order chi connectivity index (χ1) is 12.0. The van der Waals surface area contributed by atoms with Crippen LogP contribution in [0.25, 0.3) is 5.69 Å². The standard InChI is InChI=1S/C16H11ClF4N2O3/c1-4-8(2)26-12-6-11(10(18)5-9(12)17)23-14(24)7-13(16(19,20)21)22(3)15(23)25/h1,5-8H,2-3H3. The fourth-order valence-electron chi connectivity index (χ4n) is 2.12. The molecule has 138 valence electrons. The summed E-state index contributed by atoms with van der Waals surface area (Å²) in [7, 11) is 0.812. The lowest BCUT2D eigenvalue weighted by molar-refractivity contribution is -0.144. The fraction of sp³-hybridized carbons (Fsp3) is 0.250. The molecule has 10 heteroatoms. The van der Waals surface area contributed by atoms with Crippen LogP contribution in [0, 0.1) is 18.2 Å². The average molecular weight is 391 g/mol. The third-order valence-corrected chi connectivity index (χ3v) is 3.69. The molecule has 0 aliphatic rings. The highest BCUT2D eigenvalue weighted by Gasteiger charge is 2.35. The van der Waals surface area contributed by atoms with Gasteiger partial charge in [0.25, 0.3) is 5.56 Å². The van der Waals surface area contributed by atoms with Crippen molar-refractivity contribution in [3.8, 4) is 23.8 Å². The molecular weight excluding hydrogens is 380 g/mol. The molecule has 2 aromatic rings. The molecule has 0 aliphatic heterocycles. The average Bonchev–Trinajstić information content (AvgIpc) is 2.53. The van der Waals surface area contributed by atoms with Crippen LogP contribution in [-0.2, 0) is 13.2 Å². The van der Waals surface area contributed by atoms with E-state index in [1.165, 1.54) is 6.92 Å². The maximum Gasteiger partial charge on any atom is 0.431 e. The van der Waals surface area contributed by atoms with Crippen molar-refractivity contribution in [1.82, 2.24) is 9.13 Å². The zero-order valence-electron chi connectivity index (χ0n) is 13.4. The Kier molecular flexibility index (Phi) is 5.18. The molecule has 1 aromatic heterocycles. The van der Waals surface area contributed by atoms with Crippen molar-refractivity contribution in [2.45, 2.75) is 19.2 Å². The van der Waals surface area contributed by atoms with Crippen molar-refractivity contribution >= 4 is 11.6 Å². The van der Waals surface area contributed by atoms with Crippen molar-refractivity contribution in [2.75, 3.05) is 0 Å². The number of hydrogen-bond acceptors (Lipinski definition) is 3. The van der Waals surface area contributed by atoms with E-state index in [1.54, 1.807) is 0 Å². The molecule has 2 rings (SSSR count). The number of rotatable bonds is 3. The van der Waals surface area contributed by atoms with Crippen LogP contribution >= 0.6 is 11.6 Å². The lowest BCUT2D eigenvalue weighted by atomic mass is 10.2. The Labute approximate surface area is 149 Å². The second-order valence-corrected chi connectivity index (χ2v) is 5.61. The van der Waals surface area contributed by atoms with Gasteiger partial charge in [-0.2, -0.15) is 13.2 Å². The molecule has 1 aromatic carbocycles. The van der Waals surface area contributed by atoms with E-state index in [2.05, 4.69) is 5.92 Å². The van der Waals surface area contributed by atoms with Gasteiger partial charge in [0.1, 0.15) is 17.3 Å². The summed E-state index contributed by atoms with van der Waals surface area (Å²) in [6.07, 6.45) is -0.528. The van der Waals surface area contributed by atoms with Gasteiger partial charge in [0, 0.05) is 19.2 Å². The van der Waals surface area contributed by atoms with Crippen LogP contribution < -0.4 is 16.0 Å². The van der Waals surface area contributed by atoms with Gasteiger partial charge < -0.3 is 4.74 Å². The number of nitrogens with zero attached hydrogens (tertiary/aromatic N) is 2. The topological polar surface area (TPSA) is 53.2 Å². The van der Waals surface area contributed by atoms with Crippen molar-refractivity contribution in [2.24, 2.45) is 7.05 Å². The molecule has 26 heavy (non-hydrogen) atoms. The summed E-state index contributed by atoms with van der Waals surface area (Å²) in [5.74, 6) is 0.998. The highest BCUT2D eigenvalue weighted by Crippen LogP contribution is 2.30. The van der Waals surface area contributed by atoms with Crippen LogP contribution in [0.5, 0.6) is 5.75 Å². The van der Waals surface area contributed by atoms with Gasteiger partial charge in [-0.3, -0.25) is 9.36 Å². The van der Waals surface area contributed by atoms with Crippen LogP contribution in [0.1, 0.15) is 12.6 Å². The van der Waals surface area contributed by atoms with E-state index in [4.69, 9.17) is 22.8 Å². The summed E-state index contributed by atoms with van der Waals surface area (Å²) in [5.41, 5.74) is -4.83. The van der Waals surface area contributed by atoms with Gasteiger partial charge in [-0.25, -0.2) is 13.8 Å². The summed E-state index contributed by atoms with van der Waals surface area (Å²) in [6, 6.07) is 1.88. The van der Waals surface area contributed by atoms with Gasteiger partial charge >= 0.3 is 11.9 Å². The molecule has 1 unspecified atom stereocenters. The summed E-state index contributed by atoms with van der Waals surface area (Å²) in [4.78, 5) is 24.3. The maximum atomic E-state index is 14.3. The lowest BCUT2D eigenvalue weighted by Crippen LogP contribution is -2.41. The van der Waals surface area contributed by atoms with Crippen LogP contribution in [0.4, 0.5) is 17.6 Å². The maximum absolute atomic E-state index is 14.3. The van der Waals surface area contributed by atoms with Gasteiger partial charge in [0.15, 0.2) is 6.10 Å². The van der Waals surface area contributed by atoms with Crippen molar-refractivity contribution in [3.63, 3.8) is 0 Å². The minimum absolute atomic E-state index is 0.137. The second-order valence-electron chi connectivity index (χ2n) is 5.20. The van der Waals surface area contributed by atoms with Gasteiger partial charge in [-0.1, -0.05) is 17.5 Å². The van der Waals surface area contributed by atoms with E-state index >= 15 is 0 Å².